The average Bonchev–Trinajstić information content (AvgIpc) is 3.22. The van der Waals surface area contributed by atoms with Crippen LogP contribution in [-0.4, -0.2) is 35.3 Å². The Morgan fingerprint density at radius 3 is 2.45 bits per heavy atom. The third-order valence-corrected chi connectivity index (χ3v) is 4.24. The zero-order valence-electron chi connectivity index (χ0n) is 16.3. The summed E-state index contributed by atoms with van der Waals surface area (Å²) in [5.41, 5.74) is 8.09. The molecule has 3 aromatic rings. The molecule has 8 nitrogen and oxygen atoms in total. The minimum atomic E-state index is -0.0640. The molecule has 0 fully saturated rings. The molecule has 154 valence electrons. The van der Waals surface area contributed by atoms with Crippen LogP contribution in [-0.2, 0) is 17.8 Å². The number of hydrogen-bond acceptors (Lipinski definition) is 6. The fourth-order valence-corrected chi connectivity index (χ4v) is 2.74. The predicted octanol–water partition coefficient (Wildman–Crippen LogP) is 2.94. The van der Waals surface area contributed by atoms with Crippen LogP contribution in [0.15, 0.2) is 42.5 Å². The molecule has 0 atom stereocenters. The number of carbonyl (C=O) groups is 1. The highest BCUT2D eigenvalue weighted by Gasteiger charge is 2.09. The van der Waals surface area contributed by atoms with E-state index >= 15 is 0 Å². The lowest BCUT2D eigenvalue weighted by Gasteiger charge is -2.10. The smallest absolute Gasteiger partial charge is 0.224 e. The Hall–Kier alpha value is -3.10. The van der Waals surface area contributed by atoms with Crippen LogP contribution in [0.4, 0.5) is 5.69 Å². The number of carbonyl (C=O) groups excluding carboxylic acids is 1. The fourth-order valence-electron chi connectivity index (χ4n) is 2.74. The molecule has 4 N–H and O–H groups in total. The molecule has 2 aromatic carbocycles. The molecule has 1 amide bonds. The third kappa shape index (κ3) is 5.69. The number of benzene rings is 2. The number of hydrogen-bond donors (Lipinski definition) is 3. The Kier molecular flexibility index (Phi) is 7.99. The second-order valence-electron chi connectivity index (χ2n) is 6.12. The first kappa shape index (κ1) is 22.2. The molecule has 1 heterocycles. The lowest BCUT2D eigenvalue weighted by molar-refractivity contribution is -0.116. The monoisotopic (exact) mass is 417 g/mol. The highest BCUT2D eigenvalue weighted by Crippen LogP contribution is 2.28. The van der Waals surface area contributed by atoms with Gasteiger partial charge in [-0.25, -0.2) is 4.98 Å². The maximum atomic E-state index is 12.2. The quantitative estimate of drug-likeness (QED) is 0.519. The average molecular weight is 418 g/mol. The van der Waals surface area contributed by atoms with Crippen LogP contribution >= 0.6 is 12.4 Å². The van der Waals surface area contributed by atoms with Crippen LogP contribution in [0.25, 0.3) is 11.4 Å². The van der Waals surface area contributed by atoms with Crippen molar-refractivity contribution < 1.29 is 14.3 Å². The van der Waals surface area contributed by atoms with Crippen LogP contribution in [0, 0.1) is 0 Å². The number of methoxy groups -OCH3 is 2. The second kappa shape index (κ2) is 10.4. The van der Waals surface area contributed by atoms with Gasteiger partial charge in [0.15, 0.2) is 17.3 Å². The van der Waals surface area contributed by atoms with Gasteiger partial charge in [0, 0.05) is 17.7 Å². The van der Waals surface area contributed by atoms with Gasteiger partial charge in [-0.05, 0) is 48.4 Å². The van der Waals surface area contributed by atoms with Gasteiger partial charge in [-0.3, -0.25) is 9.89 Å². The van der Waals surface area contributed by atoms with Gasteiger partial charge in [-0.15, -0.1) is 12.4 Å². The van der Waals surface area contributed by atoms with E-state index < -0.39 is 0 Å². The Morgan fingerprint density at radius 1 is 1.10 bits per heavy atom. The number of nitrogens with one attached hydrogen (secondary N) is 2. The number of halogens is 1. The summed E-state index contributed by atoms with van der Waals surface area (Å²) in [7, 11) is 3.18. The number of anilines is 1. The van der Waals surface area contributed by atoms with Gasteiger partial charge in [0.1, 0.15) is 5.82 Å². The lowest BCUT2D eigenvalue weighted by Crippen LogP contribution is -2.12. The molecular weight excluding hydrogens is 394 g/mol. The number of H-pyrrole nitrogens is 1. The number of ether oxygens (including phenoxy) is 2. The van der Waals surface area contributed by atoms with Gasteiger partial charge < -0.3 is 20.5 Å². The van der Waals surface area contributed by atoms with Crippen LogP contribution < -0.4 is 20.5 Å². The molecule has 1 aromatic heterocycles. The van der Waals surface area contributed by atoms with E-state index in [9.17, 15) is 4.79 Å². The maximum Gasteiger partial charge on any atom is 0.224 e. The van der Waals surface area contributed by atoms with Crippen molar-refractivity contribution >= 4 is 24.0 Å². The summed E-state index contributed by atoms with van der Waals surface area (Å²) >= 11 is 0. The van der Waals surface area contributed by atoms with Gasteiger partial charge in [-0.2, -0.15) is 5.10 Å². The van der Waals surface area contributed by atoms with E-state index in [4.69, 9.17) is 15.2 Å². The summed E-state index contributed by atoms with van der Waals surface area (Å²) in [6.45, 7) is 0.307. The van der Waals surface area contributed by atoms with Crippen LogP contribution in [0.2, 0.25) is 0 Å². The van der Waals surface area contributed by atoms with Crippen LogP contribution in [0.1, 0.15) is 17.8 Å². The number of amides is 1. The van der Waals surface area contributed by atoms with Crippen molar-refractivity contribution in [3.8, 4) is 22.9 Å². The van der Waals surface area contributed by atoms with Crippen molar-refractivity contribution in [1.29, 1.82) is 0 Å². The van der Waals surface area contributed by atoms with Crippen molar-refractivity contribution in [2.75, 3.05) is 19.5 Å². The molecule has 0 aliphatic heterocycles. The van der Waals surface area contributed by atoms with Gasteiger partial charge in [0.05, 0.1) is 20.8 Å². The van der Waals surface area contributed by atoms with Crippen molar-refractivity contribution in [3.05, 3.63) is 53.9 Å². The summed E-state index contributed by atoms with van der Waals surface area (Å²) < 4.78 is 10.5. The maximum absolute atomic E-state index is 12.2. The predicted molar refractivity (Wildman–Crippen MR) is 113 cm³/mol. The first-order valence-corrected chi connectivity index (χ1v) is 8.85. The topological polar surface area (TPSA) is 115 Å². The van der Waals surface area contributed by atoms with Gasteiger partial charge >= 0.3 is 0 Å². The first-order chi connectivity index (χ1) is 13.6. The standard InChI is InChI=1S/C20H23N5O3.ClH/c1-27-16-9-3-13(11-17(16)28-2)4-10-19(26)22-15-7-5-14(6-8-15)20-23-18(12-21)24-25-20;/h3,5-9,11H,4,10,12,21H2,1-2H3,(H,22,26)(H,23,24,25);1H. The van der Waals surface area contributed by atoms with E-state index in [0.717, 1.165) is 16.8 Å². The second-order valence-corrected chi connectivity index (χ2v) is 6.12. The molecule has 0 spiro atoms. The number of aryl methyl sites for hydroxylation is 1. The molecule has 0 aliphatic rings. The summed E-state index contributed by atoms with van der Waals surface area (Å²) in [5.74, 6) is 2.46. The highest BCUT2D eigenvalue weighted by atomic mass is 35.5. The number of nitrogens with zero attached hydrogens (tertiary/aromatic N) is 2. The van der Waals surface area contributed by atoms with E-state index in [0.29, 0.717) is 42.5 Å². The largest absolute Gasteiger partial charge is 0.493 e. The number of aromatic amines is 1. The van der Waals surface area contributed by atoms with Gasteiger partial charge in [0.2, 0.25) is 5.91 Å². The Morgan fingerprint density at radius 2 is 1.83 bits per heavy atom. The Labute approximate surface area is 175 Å². The van der Waals surface area contributed by atoms with Crippen LogP contribution in [0.5, 0.6) is 11.5 Å². The van der Waals surface area contributed by atoms with Gasteiger partial charge in [0.25, 0.3) is 0 Å². The van der Waals surface area contributed by atoms with Crippen molar-refractivity contribution in [3.63, 3.8) is 0 Å². The van der Waals surface area contributed by atoms with Crippen molar-refractivity contribution in [2.45, 2.75) is 19.4 Å². The lowest BCUT2D eigenvalue weighted by atomic mass is 10.1. The number of rotatable bonds is 8. The minimum absolute atomic E-state index is 0. The molecule has 0 saturated carbocycles. The summed E-state index contributed by atoms with van der Waals surface area (Å²) in [6.07, 6.45) is 0.960. The molecule has 0 saturated heterocycles. The molecule has 9 heteroatoms. The third-order valence-electron chi connectivity index (χ3n) is 4.24. The SMILES string of the molecule is COc1ccc(CCC(=O)Nc2ccc(-c3n[nH]c(CN)n3)cc2)cc1OC.Cl. The van der Waals surface area contributed by atoms with Gasteiger partial charge in [-0.1, -0.05) is 6.07 Å². The zero-order chi connectivity index (χ0) is 19.9. The highest BCUT2D eigenvalue weighted by molar-refractivity contribution is 5.91. The molecule has 29 heavy (non-hydrogen) atoms. The number of aromatic nitrogens is 3. The molecule has 3 rings (SSSR count). The van der Waals surface area contributed by atoms with Crippen molar-refractivity contribution in [1.82, 2.24) is 15.2 Å². The van der Waals surface area contributed by atoms with E-state index in [1.54, 1.807) is 14.2 Å². The normalized spacial score (nSPS) is 10.2. The van der Waals surface area contributed by atoms with E-state index in [1.807, 2.05) is 42.5 Å². The zero-order valence-corrected chi connectivity index (χ0v) is 17.1. The minimum Gasteiger partial charge on any atom is -0.493 e. The summed E-state index contributed by atoms with van der Waals surface area (Å²) in [5, 5.41) is 9.79. The molecule has 0 unspecified atom stereocenters. The van der Waals surface area contributed by atoms with E-state index in [-0.39, 0.29) is 18.3 Å². The van der Waals surface area contributed by atoms with E-state index in [1.165, 1.54) is 0 Å². The van der Waals surface area contributed by atoms with Crippen molar-refractivity contribution in [2.24, 2.45) is 5.73 Å². The Bertz CT molecular complexity index is 944. The van der Waals surface area contributed by atoms with E-state index in [2.05, 4.69) is 20.5 Å². The van der Waals surface area contributed by atoms with Crippen LogP contribution in [0.3, 0.4) is 0 Å². The summed E-state index contributed by atoms with van der Waals surface area (Å²) in [6, 6.07) is 13.0. The molecule has 0 bridgehead atoms. The molecular formula is C20H24ClN5O3. The molecule has 0 aliphatic carbocycles. The first-order valence-electron chi connectivity index (χ1n) is 8.85. The fraction of sp³-hybridized carbons (Fsp3) is 0.250. The molecule has 0 radical (unpaired) electrons. The number of nitrogens with two attached hydrogens (primary N) is 1. The summed E-state index contributed by atoms with van der Waals surface area (Å²) in [4.78, 5) is 16.5. The Balaban J connectivity index is 0.00000300.